The fourth-order valence-electron chi connectivity index (χ4n) is 5.16. The molecule has 0 saturated heterocycles. The molecule has 1 amide bonds. The summed E-state index contributed by atoms with van der Waals surface area (Å²) < 4.78 is 33.9. The Morgan fingerprint density at radius 3 is 2.45 bits per heavy atom. The van der Waals surface area contributed by atoms with E-state index in [0.717, 1.165) is 11.5 Å². The molecular formula is C24H30N2O4S. The van der Waals surface area contributed by atoms with Crippen LogP contribution in [-0.2, 0) is 10.0 Å². The van der Waals surface area contributed by atoms with Gasteiger partial charge < -0.3 is 10.1 Å². The molecule has 2 saturated carbocycles. The fourth-order valence-corrected chi connectivity index (χ4v) is 6.42. The van der Waals surface area contributed by atoms with Gasteiger partial charge in [-0.3, -0.25) is 9.52 Å². The van der Waals surface area contributed by atoms with Crippen molar-refractivity contribution in [3.05, 3.63) is 53.6 Å². The van der Waals surface area contributed by atoms with Crippen LogP contribution in [-0.4, -0.2) is 27.5 Å². The summed E-state index contributed by atoms with van der Waals surface area (Å²) in [6.07, 6.45) is 5.02. The van der Waals surface area contributed by atoms with Gasteiger partial charge >= 0.3 is 0 Å². The first-order chi connectivity index (χ1) is 14.8. The van der Waals surface area contributed by atoms with Crippen molar-refractivity contribution < 1.29 is 17.9 Å². The Bertz CT molecular complexity index is 1070. The highest BCUT2D eigenvalue weighted by Crippen LogP contribution is 2.49. The Morgan fingerprint density at radius 1 is 1.10 bits per heavy atom. The number of benzene rings is 2. The van der Waals surface area contributed by atoms with E-state index in [1.165, 1.54) is 44.9 Å². The summed E-state index contributed by atoms with van der Waals surface area (Å²) in [6, 6.07) is 11.6. The average Bonchev–Trinajstić information content (AvgIpc) is 3.38. The number of methoxy groups -OCH3 is 1. The summed E-state index contributed by atoms with van der Waals surface area (Å²) in [4.78, 5) is 12.9. The van der Waals surface area contributed by atoms with Gasteiger partial charge in [-0.05, 0) is 81.2 Å². The standard InChI is InChI=1S/C24H30N2O4S/c1-15-4-9-20(10-5-15)26-31(28,29)23-14-19(8-11-22(23)30-3)24(27)25-16(2)21-13-17-6-7-18(21)12-17/h4-5,8-11,14,16-18,21,26H,6-7,12-13H2,1-3H3,(H,25,27). The number of aryl methyl sites for hydroxylation is 1. The highest BCUT2D eigenvalue weighted by Gasteiger charge is 2.42. The summed E-state index contributed by atoms with van der Waals surface area (Å²) in [5.74, 6) is 1.94. The molecule has 0 heterocycles. The molecule has 2 fully saturated rings. The third-order valence-corrected chi connectivity index (χ3v) is 8.22. The zero-order valence-electron chi connectivity index (χ0n) is 18.2. The van der Waals surface area contributed by atoms with Gasteiger partial charge in [-0.2, -0.15) is 0 Å². The number of fused-ring (bicyclic) bond motifs is 2. The number of carbonyl (C=O) groups excluding carboxylic acids is 1. The lowest BCUT2D eigenvalue weighted by Gasteiger charge is -2.28. The number of carbonyl (C=O) groups is 1. The van der Waals surface area contributed by atoms with E-state index in [9.17, 15) is 13.2 Å². The second-order valence-electron chi connectivity index (χ2n) is 8.94. The predicted octanol–water partition coefficient (Wildman–Crippen LogP) is 4.36. The maximum Gasteiger partial charge on any atom is 0.265 e. The second-order valence-corrected chi connectivity index (χ2v) is 10.6. The van der Waals surface area contributed by atoms with E-state index in [1.807, 2.05) is 19.1 Å². The van der Waals surface area contributed by atoms with Crippen LogP contribution in [0.15, 0.2) is 47.4 Å². The van der Waals surface area contributed by atoms with Crippen molar-refractivity contribution in [3.8, 4) is 5.75 Å². The Labute approximate surface area is 184 Å². The van der Waals surface area contributed by atoms with Gasteiger partial charge in [0.25, 0.3) is 15.9 Å². The molecule has 0 radical (unpaired) electrons. The normalized spacial score (nSPS) is 23.4. The largest absolute Gasteiger partial charge is 0.495 e. The van der Waals surface area contributed by atoms with E-state index >= 15 is 0 Å². The maximum absolute atomic E-state index is 13.0. The van der Waals surface area contributed by atoms with Gasteiger partial charge in [-0.1, -0.05) is 24.1 Å². The molecule has 4 atom stereocenters. The van der Waals surface area contributed by atoms with Gasteiger partial charge in [0.1, 0.15) is 10.6 Å². The summed E-state index contributed by atoms with van der Waals surface area (Å²) in [7, 11) is -2.52. The van der Waals surface area contributed by atoms with E-state index in [1.54, 1.807) is 18.2 Å². The summed E-state index contributed by atoms with van der Waals surface area (Å²) in [6.45, 7) is 3.99. The maximum atomic E-state index is 13.0. The molecule has 0 aliphatic heterocycles. The number of amides is 1. The Hall–Kier alpha value is -2.54. The number of rotatable bonds is 7. The molecule has 0 spiro atoms. The smallest absolute Gasteiger partial charge is 0.265 e. The number of anilines is 1. The van der Waals surface area contributed by atoms with Crippen molar-refractivity contribution in [2.75, 3.05) is 11.8 Å². The van der Waals surface area contributed by atoms with Gasteiger partial charge in [0.05, 0.1) is 7.11 Å². The molecular weight excluding hydrogens is 412 g/mol. The monoisotopic (exact) mass is 442 g/mol. The van der Waals surface area contributed by atoms with Gasteiger partial charge in [-0.25, -0.2) is 8.42 Å². The van der Waals surface area contributed by atoms with Crippen molar-refractivity contribution in [2.24, 2.45) is 17.8 Å². The van der Waals surface area contributed by atoms with E-state index in [4.69, 9.17) is 4.74 Å². The molecule has 2 aromatic rings. The van der Waals surface area contributed by atoms with Crippen LogP contribution in [0.5, 0.6) is 5.75 Å². The van der Waals surface area contributed by atoms with Crippen LogP contribution in [0.3, 0.4) is 0 Å². The number of nitrogens with one attached hydrogen (secondary N) is 2. The molecule has 166 valence electrons. The van der Waals surface area contributed by atoms with Crippen molar-refractivity contribution >= 4 is 21.6 Å². The lowest BCUT2D eigenvalue weighted by atomic mass is 9.84. The number of hydrogen-bond donors (Lipinski definition) is 2. The molecule has 2 bridgehead atoms. The minimum Gasteiger partial charge on any atom is -0.495 e. The first-order valence-electron chi connectivity index (χ1n) is 10.8. The predicted molar refractivity (Wildman–Crippen MR) is 121 cm³/mol. The lowest BCUT2D eigenvalue weighted by molar-refractivity contribution is 0.0915. The SMILES string of the molecule is COc1ccc(C(=O)NC(C)C2CC3CCC2C3)cc1S(=O)(=O)Nc1ccc(C)cc1. The Kier molecular flexibility index (Phi) is 5.97. The zero-order valence-corrected chi connectivity index (χ0v) is 19.0. The van der Waals surface area contributed by atoms with Crippen LogP contribution in [0.4, 0.5) is 5.69 Å². The van der Waals surface area contributed by atoms with E-state index < -0.39 is 10.0 Å². The average molecular weight is 443 g/mol. The van der Waals surface area contributed by atoms with Crippen molar-refractivity contribution in [2.45, 2.75) is 50.5 Å². The van der Waals surface area contributed by atoms with E-state index in [0.29, 0.717) is 23.1 Å². The van der Waals surface area contributed by atoms with Crippen LogP contribution < -0.4 is 14.8 Å². The molecule has 0 aromatic heterocycles. The number of hydrogen-bond acceptors (Lipinski definition) is 4. The van der Waals surface area contributed by atoms with Crippen molar-refractivity contribution in [1.82, 2.24) is 5.32 Å². The second kappa shape index (κ2) is 8.54. The van der Waals surface area contributed by atoms with Crippen LogP contribution >= 0.6 is 0 Å². The number of sulfonamides is 1. The molecule has 2 aliphatic carbocycles. The van der Waals surface area contributed by atoms with Gasteiger partial charge in [0.15, 0.2) is 0 Å². The molecule has 31 heavy (non-hydrogen) atoms. The van der Waals surface area contributed by atoms with Crippen LogP contribution in [0.1, 0.15) is 48.5 Å². The third-order valence-electron chi connectivity index (χ3n) is 6.81. The third kappa shape index (κ3) is 4.56. The molecule has 4 unspecified atom stereocenters. The van der Waals surface area contributed by atoms with E-state index in [-0.39, 0.29) is 22.6 Å². The molecule has 2 N–H and O–H groups in total. The molecule has 4 rings (SSSR count). The minimum absolute atomic E-state index is 0.0594. The van der Waals surface area contributed by atoms with Crippen LogP contribution in [0.25, 0.3) is 0 Å². The first kappa shape index (κ1) is 21.7. The first-order valence-corrected chi connectivity index (χ1v) is 12.3. The Morgan fingerprint density at radius 2 is 1.84 bits per heavy atom. The minimum atomic E-state index is -3.93. The highest BCUT2D eigenvalue weighted by atomic mass is 32.2. The Balaban J connectivity index is 1.53. The molecule has 2 aliphatic rings. The molecule has 6 nitrogen and oxygen atoms in total. The topological polar surface area (TPSA) is 84.5 Å². The quantitative estimate of drug-likeness (QED) is 0.667. The fraction of sp³-hybridized carbons (Fsp3) is 0.458. The molecule has 2 aromatic carbocycles. The molecule has 7 heteroatoms. The van der Waals surface area contributed by atoms with E-state index in [2.05, 4.69) is 17.0 Å². The van der Waals surface area contributed by atoms with Gasteiger partial charge in [0, 0.05) is 17.3 Å². The van der Waals surface area contributed by atoms with Crippen LogP contribution in [0.2, 0.25) is 0 Å². The van der Waals surface area contributed by atoms with Crippen molar-refractivity contribution in [1.29, 1.82) is 0 Å². The summed E-state index contributed by atoms with van der Waals surface area (Å²) >= 11 is 0. The van der Waals surface area contributed by atoms with Gasteiger partial charge in [-0.15, -0.1) is 0 Å². The number of ether oxygens (including phenoxy) is 1. The summed E-state index contributed by atoms with van der Waals surface area (Å²) in [5.41, 5.74) is 1.79. The lowest BCUT2D eigenvalue weighted by Crippen LogP contribution is -2.40. The highest BCUT2D eigenvalue weighted by molar-refractivity contribution is 7.92. The van der Waals surface area contributed by atoms with Crippen LogP contribution in [0, 0.1) is 24.7 Å². The van der Waals surface area contributed by atoms with Gasteiger partial charge in [0.2, 0.25) is 0 Å². The zero-order chi connectivity index (χ0) is 22.2. The summed E-state index contributed by atoms with van der Waals surface area (Å²) in [5, 5.41) is 3.10. The van der Waals surface area contributed by atoms with Crippen molar-refractivity contribution in [3.63, 3.8) is 0 Å².